The van der Waals surface area contributed by atoms with E-state index in [-0.39, 0.29) is 5.84 Å². The summed E-state index contributed by atoms with van der Waals surface area (Å²) in [5.41, 5.74) is 8.83. The Kier molecular flexibility index (Phi) is 3.55. The molecule has 0 radical (unpaired) electrons. The Bertz CT molecular complexity index is 503. The zero-order chi connectivity index (χ0) is 12.1. The normalized spacial score (nSPS) is 10.1. The van der Waals surface area contributed by atoms with Gasteiger partial charge in [-0.2, -0.15) is 0 Å². The van der Waals surface area contributed by atoms with Gasteiger partial charge < -0.3 is 5.73 Å². The van der Waals surface area contributed by atoms with Crippen LogP contribution in [0.3, 0.4) is 0 Å². The molecule has 0 aliphatic heterocycles. The largest absolute Gasteiger partial charge is 0.384 e. The summed E-state index contributed by atoms with van der Waals surface area (Å²) in [5.74, 6) is 0.131. The Hall–Kier alpha value is -2.09. The molecule has 0 saturated heterocycles. The zero-order valence-electron chi connectivity index (χ0n) is 9.69. The van der Waals surface area contributed by atoms with Crippen LogP contribution in [0.5, 0.6) is 0 Å². The van der Waals surface area contributed by atoms with Gasteiger partial charge in [0.25, 0.3) is 0 Å². The van der Waals surface area contributed by atoms with Crippen LogP contribution >= 0.6 is 0 Å². The molecule has 2 aromatic carbocycles. The molecule has 0 heterocycles. The topological polar surface area (TPSA) is 49.9 Å². The maximum Gasteiger partial charge on any atom is 0.122 e. The number of nitrogens with two attached hydrogens (primary N) is 1. The Balaban J connectivity index is 2.04. The van der Waals surface area contributed by atoms with Crippen molar-refractivity contribution >= 4 is 5.84 Å². The lowest BCUT2D eigenvalue weighted by atomic mass is 10.0. The molecule has 0 bridgehead atoms. The van der Waals surface area contributed by atoms with Crippen LogP contribution < -0.4 is 5.73 Å². The number of amidine groups is 1. The first kappa shape index (κ1) is 11.4. The highest BCUT2D eigenvalue weighted by atomic mass is 14.7. The van der Waals surface area contributed by atoms with Gasteiger partial charge >= 0.3 is 0 Å². The molecule has 0 saturated carbocycles. The van der Waals surface area contributed by atoms with Crippen molar-refractivity contribution in [3.05, 3.63) is 71.3 Å². The van der Waals surface area contributed by atoms with Crippen LogP contribution in [-0.4, -0.2) is 5.84 Å². The molecular formula is C15H16N2. The van der Waals surface area contributed by atoms with Crippen molar-refractivity contribution in [3.63, 3.8) is 0 Å². The van der Waals surface area contributed by atoms with Gasteiger partial charge in [0.15, 0.2) is 0 Å². The van der Waals surface area contributed by atoms with E-state index in [0.717, 1.165) is 18.4 Å². The van der Waals surface area contributed by atoms with Crippen molar-refractivity contribution in [1.82, 2.24) is 0 Å². The van der Waals surface area contributed by atoms with Gasteiger partial charge in [0.2, 0.25) is 0 Å². The van der Waals surface area contributed by atoms with E-state index in [9.17, 15) is 0 Å². The fourth-order valence-electron chi connectivity index (χ4n) is 1.83. The smallest absolute Gasteiger partial charge is 0.122 e. The van der Waals surface area contributed by atoms with Crippen molar-refractivity contribution in [2.45, 2.75) is 12.8 Å². The minimum Gasteiger partial charge on any atom is -0.384 e. The summed E-state index contributed by atoms with van der Waals surface area (Å²) in [6.45, 7) is 0. The number of hydrogen-bond acceptors (Lipinski definition) is 1. The maximum absolute atomic E-state index is 7.41. The van der Waals surface area contributed by atoms with Crippen molar-refractivity contribution in [2.24, 2.45) is 5.73 Å². The first-order valence-corrected chi connectivity index (χ1v) is 5.73. The van der Waals surface area contributed by atoms with E-state index >= 15 is 0 Å². The third-order valence-corrected chi connectivity index (χ3v) is 2.78. The van der Waals surface area contributed by atoms with Crippen molar-refractivity contribution in [1.29, 1.82) is 5.41 Å². The maximum atomic E-state index is 7.41. The van der Waals surface area contributed by atoms with Crippen LogP contribution in [0.4, 0.5) is 0 Å². The number of benzene rings is 2. The van der Waals surface area contributed by atoms with Gasteiger partial charge in [-0.25, -0.2) is 0 Å². The van der Waals surface area contributed by atoms with Gasteiger partial charge in [-0.05, 0) is 30.0 Å². The van der Waals surface area contributed by atoms with Crippen molar-refractivity contribution < 1.29 is 0 Å². The number of nitrogen functional groups attached to an aromatic ring is 1. The monoisotopic (exact) mass is 224 g/mol. The van der Waals surface area contributed by atoms with Gasteiger partial charge in [-0.3, -0.25) is 5.41 Å². The second-order valence-corrected chi connectivity index (χ2v) is 4.10. The number of rotatable bonds is 4. The standard InChI is InChI=1S/C15H16N2/c16-15(17)14-8-4-7-13(11-14)10-9-12-5-2-1-3-6-12/h1-8,11H,9-10H2,(H3,16,17). The highest BCUT2D eigenvalue weighted by molar-refractivity contribution is 5.95. The van der Waals surface area contributed by atoms with E-state index in [2.05, 4.69) is 30.3 Å². The molecule has 0 atom stereocenters. The Morgan fingerprint density at radius 1 is 0.882 bits per heavy atom. The fourth-order valence-corrected chi connectivity index (χ4v) is 1.83. The summed E-state index contributed by atoms with van der Waals surface area (Å²) >= 11 is 0. The second kappa shape index (κ2) is 5.30. The van der Waals surface area contributed by atoms with E-state index in [0.29, 0.717) is 0 Å². The van der Waals surface area contributed by atoms with Crippen LogP contribution in [-0.2, 0) is 12.8 Å². The van der Waals surface area contributed by atoms with Crippen LogP contribution in [0, 0.1) is 5.41 Å². The van der Waals surface area contributed by atoms with Gasteiger partial charge in [-0.15, -0.1) is 0 Å². The molecule has 2 nitrogen and oxygen atoms in total. The summed E-state index contributed by atoms with van der Waals surface area (Å²) in [4.78, 5) is 0. The zero-order valence-corrected chi connectivity index (χ0v) is 9.69. The minimum absolute atomic E-state index is 0.131. The van der Waals surface area contributed by atoms with Gasteiger partial charge in [0, 0.05) is 5.56 Å². The average molecular weight is 224 g/mol. The molecule has 0 unspecified atom stereocenters. The summed E-state index contributed by atoms with van der Waals surface area (Å²) in [6.07, 6.45) is 1.99. The SMILES string of the molecule is N=C(N)c1cccc(CCc2ccccc2)c1. The van der Waals surface area contributed by atoms with Crippen LogP contribution in [0.15, 0.2) is 54.6 Å². The Morgan fingerprint density at radius 2 is 1.53 bits per heavy atom. The molecule has 3 N–H and O–H groups in total. The molecule has 0 spiro atoms. The number of hydrogen-bond donors (Lipinski definition) is 2. The van der Waals surface area contributed by atoms with E-state index in [1.807, 2.05) is 24.3 Å². The number of nitrogens with one attached hydrogen (secondary N) is 1. The van der Waals surface area contributed by atoms with Crippen molar-refractivity contribution in [2.75, 3.05) is 0 Å². The molecule has 0 amide bonds. The third-order valence-electron chi connectivity index (χ3n) is 2.78. The van der Waals surface area contributed by atoms with Crippen LogP contribution in [0.25, 0.3) is 0 Å². The Labute approximate surface area is 102 Å². The summed E-state index contributed by atoms with van der Waals surface area (Å²) in [6, 6.07) is 18.3. The van der Waals surface area contributed by atoms with E-state index < -0.39 is 0 Å². The lowest BCUT2D eigenvalue weighted by Gasteiger charge is -2.04. The minimum atomic E-state index is 0.131. The van der Waals surface area contributed by atoms with Gasteiger partial charge in [0.05, 0.1) is 0 Å². The van der Waals surface area contributed by atoms with E-state index in [4.69, 9.17) is 11.1 Å². The first-order valence-electron chi connectivity index (χ1n) is 5.73. The molecule has 0 aromatic heterocycles. The Morgan fingerprint density at radius 3 is 2.24 bits per heavy atom. The molecule has 0 aliphatic rings. The van der Waals surface area contributed by atoms with Crippen LogP contribution in [0.1, 0.15) is 16.7 Å². The van der Waals surface area contributed by atoms with Gasteiger partial charge in [-0.1, -0.05) is 48.5 Å². The summed E-state index contributed by atoms with van der Waals surface area (Å²) in [7, 11) is 0. The van der Waals surface area contributed by atoms with Crippen molar-refractivity contribution in [3.8, 4) is 0 Å². The molecule has 17 heavy (non-hydrogen) atoms. The summed E-state index contributed by atoms with van der Waals surface area (Å²) < 4.78 is 0. The predicted octanol–water partition coefficient (Wildman–Crippen LogP) is 2.76. The highest BCUT2D eigenvalue weighted by Gasteiger charge is 1.99. The van der Waals surface area contributed by atoms with E-state index in [1.165, 1.54) is 11.1 Å². The molecule has 0 fully saturated rings. The lowest BCUT2D eigenvalue weighted by Crippen LogP contribution is -2.11. The molecule has 0 aliphatic carbocycles. The average Bonchev–Trinajstić information content (AvgIpc) is 2.38. The van der Waals surface area contributed by atoms with Gasteiger partial charge in [0.1, 0.15) is 5.84 Å². The molecule has 2 rings (SSSR count). The lowest BCUT2D eigenvalue weighted by molar-refractivity contribution is 0.959. The fraction of sp³-hybridized carbons (Fsp3) is 0.133. The molecule has 2 aromatic rings. The molecule has 2 heteroatoms. The quantitative estimate of drug-likeness (QED) is 0.609. The number of aryl methyl sites for hydroxylation is 2. The molecular weight excluding hydrogens is 208 g/mol. The highest BCUT2D eigenvalue weighted by Crippen LogP contribution is 2.09. The predicted molar refractivity (Wildman–Crippen MR) is 71.3 cm³/mol. The third kappa shape index (κ3) is 3.18. The second-order valence-electron chi connectivity index (χ2n) is 4.10. The first-order chi connectivity index (χ1) is 8.25. The van der Waals surface area contributed by atoms with E-state index in [1.54, 1.807) is 0 Å². The molecule has 86 valence electrons. The van der Waals surface area contributed by atoms with Crippen LogP contribution in [0.2, 0.25) is 0 Å². The summed E-state index contributed by atoms with van der Waals surface area (Å²) in [5, 5.41) is 7.41.